The van der Waals surface area contributed by atoms with Gasteiger partial charge < -0.3 is 10.2 Å². The van der Waals surface area contributed by atoms with Gasteiger partial charge in [-0.3, -0.25) is 4.79 Å². The Bertz CT molecular complexity index is 465. The van der Waals surface area contributed by atoms with Gasteiger partial charge >= 0.3 is 0 Å². The van der Waals surface area contributed by atoms with Crippen molar-refractivity contribution in [3.8, 4) is 0 Å². The molecule has 0 saturated carbocycles. The lowest BCUT2D eigenvalue weighted by Gasteiger charge is -2.17. The van der Waals surface area contributed by atoms with Crippen LogP contribution in [-0.2, 0) is 11.2 Å². The summed E-state index contributed by atoms with van der Waals surface area (Å²) in [5, 5.41) is 3.41. The minimum Gasteiger partial charge on any atom is -0.342 e. The van der Waals surface area contributed by atoms with Gasteiger partial charge in [-0.1, -0.05) is 29.8 Å². The van der Waals surface area contributed by atoms with Crippen LogP contribution in [-0.4, -0.2) is 37.0 Å². The molecule has 0 spiro atoms. The van der Waals surface area contributed by atoms with Crippen LogP contribution in [0.1, 0.15) is 17.5 Å². The second-order valence-corrected chi connectivity index (χ2v) is 5.97. The van der Waals surface area contributed by atoms with Gasteiger partial charge in [0.05, 0.1) is 0 Å². The molecule has 110 valence electrons. The summed E-state index contributed by atoms with van der Waals surface area (Å²) in [5.74, 6) is 1.72. The molecule has 0 bridgehead atoms. The number of nitrogens with zero attached hydrogens (tertiary/aromatic N) is 1. The van der Waals surface area contributed by atoms with Gasteiger partial charge in [0.15, 0.2) is 0 Å². The number of carbonyl (C=O) groups excluding carboxylic acids is 1. The predicted molar refractivity (Wildman–Crippen MR) is 83.2 cm³/mol. The molecule has 2 heterocycles. The zero-order valence-corrected chi connectivity index (χ0v) is 12.8. The summed E-state index contributed by atoms with van der Waals surface area (Å²) >= 11 is 0. The van der Waals surface area contributed by atoms with Crippen molar-refractivity contribution in [2.75, 3.05) is 26.2 Å². The standard InChI is InChI=1S/C16H22N2O.ClH/c1-12-3-2-4-13(7-12)5-6-16(19)18-10-14-8-17-9-15(14)11-18;/h2-4,7,14-15,17H,5-6,8-11H2,1H3;1H/t14-,15+;. The summed E-state index contributed by atoms with van der Waals surface area (Å²) in [4.78, 5) is 14.3. The minimum atomic E-state index is 0. The van der Waals surface area contributed by atoms with Gasteiger partial charge in [-0.25, -0.2) is 0 Å². The Morgan fingerprint density at radius 2 is 2.00 bits per heavy atom. The van der Waals surface area contributed by atoms with Crippen LogP contribution in [0.2, 0.25) is 0 Å². The number of likely N-dealkylation sites (tertiary alicyclic amines) is 1. The topological polar surface area (TPSA) is 32.3 Å². The molecule has 20 heavy (non-hydrogen) atoms. The summed E-state index contributed by atoms with van der Waals surface area (Å²) in [7, 11) is 0. The number of rotatable bonds is 3. The van der Waals surface area contributed by atoms with Crippen LogP contribution >= 0.6 is 12.4 Å². The largest absolute Gasteiger partial charge is 0.342 e. The quantitative estimate of drug-likeness (QED) is 0.925. The molecular weight excluding hydrogens is 272 g/mol. The monoisotopic (exact) mass is 294 g/mol. The van der Waals surface area contributed by atoms with E-state index in [4.69, 9.17) is 0 Å². The van der Waals surface area contributed by atoms with E-state index < -0.39 is 0 Å². The number of hydrogen-bond donors (Lipinski definition) is 1. The van der Waals surface area contributed by atoms with Gasteiger partial charge in [-0.05, 0) is 30.7 Å². The fraction of sp³-hybridized carbons (Fsp3) is 0.562. The van der Waals surface area contributed by atoms with Crippen molar-refractivity contribution in [3.05, 3.63) is 35.4 Å². The molecule has 0 aromatic heterocycles. The zero-order chi connectivity index (χ0) is 13.2. The maximum atomic E-state index is 12.2. The highest BCUT2D eigenvalue weighted by atomic mass is 35.5. The Balaban J connectivity index is 0.00000147. The maximum absolute atomic E-state index is 12.2. The van der Waals surface area contributed by atoms with Crippen molar-refractivity contribution in [2.45, 2.75) is 19.8 Å². The molecule has 2 aliphatic rings. The molecule has 0 unspecified atom stereocenters. The number of carbonyl (C=O) groups is 1. The van der Waals surface area contributed by atoms with E-state index in [0.717, 1.165) is 32.6 Å². The zero-order valence-electron chi connectivity index (χ0n) is 12.0. The molecule has 4 heteroatoms. The first-order valence-electron chi connectivity index (χ1n) is 7.26. The number of hydrogen-bond acceptors (Lipinski definition) is 2. The third-order valence-electron chi connectivity index (χ3n) is 4.45. The molecule has 1 aromatic rings. The van der Waals surface area contributed by atoms with Gasteiger partial charge in [0.25, 0.3) is 0 Å². The molecule has 2 atom stereocenters. The fourth-order valence-electron chi connectivity index (χ4n) is 3.34. The first-order valence-corrected chi connectivity index (χ1v) is 7.26. The summed E-state index contributed by atoms with van der Waals surface area (Å²) in [6.45, 7) is 6.20. The van der Waals surface area contributed by atoms with Gasteiger partial charge in [0.1, 0.15) is 0 Å². The molecule has 0 aliphatic carbocycles. The highest BCUT2D eigenvalue weighted by Gasteiger charge is 2.37. The smallest absolute Gasteiger partial charge is 0.222 e. The Hall–Kier alpha value is -1.06. The van der Waals surface area contributed by atoms with E-state index in [2.05, 4.69) is 41.4 Å². The van der Waals surface area contributed by atoms with E-state index in [1.54, 1.807) is 0 Å². The average Bonchev–Trinajstić information content (AvgIpc) is 2.96. The molecule has 1 aromatic carbocycles. The first-order chi connectivity index (χ1) is 9.22. The van der Waals surface area contributed by atoms with Crippen LogP contribution in [0.3, 0.4) is 0 Å². The van der Waals surface area contributed by atoms with Crippen molar-refractivity contribution in [1.29, 1.82) is 0 Å². The molecule has 3 rings (SSSR count). The van der Waals surface area contributed by atoms with E-state index in [9.17, 15) is 4.79 Å². The molecular formula is C16H23ClN2O. The molecule has 0 radical (unpaired) electrons. The lowest BCUT2D eigenvalue weighted by atomic mass is 10.0. The van der Waals surface area contributed by atoms with Crippen LogP contribution in [0.5, 0.6) is 0 Å². The first kappa shape index (κ1) is 15.3. The number of benzene rings is 1. The highest BCUT2D eigenvalue weighted by Crippen LogP contribution is 2.26. The Kier molecular flexibility index (Phi) is 5.06. The fourth-order valence-corrected chi connectivity index (χ4v) is 3.34. The van der Waals surface area contributed by atoms with Gasteiger partial charge in [0.2, 0.25) is 5.91 Å². The second kappa shape index (κ2) is 6.59. The van der Waals surface area contributed by atoms with Crippen molar-refractivity contribution in [1.82, 2.24) is 10.2 Å². The Labute approximate surface area is 127 Å². The van der Waals surface area contributed by atoms with Gasteiger partial charge in [0, 0.05) is 32.6 Å². The third kappa shape index (κ3) is 3.33. The highest BCUT2D eigenvalue weighted by molar-refractivity contribution is 5.85. The second-order valence-electron chi connectivity index (χ2n) is 5.97. The van der Waals surface area contributed by atoms with Crippen LogP contribution in [0.15, 0.2) is 24.3 Å². The van der Waals surface area contributed by atoms with Gasteiger partial charge in [-0.15, -0.1) is 12.4 Å². The number of fused-ring (bicyclic) bond motifs is 1. The minimum absolute atomic E-state index is 0. The Morgan fingerprint density at radius 1 is 1.30 bits per heavy atom. The van der Waals surface area contributed by atoms with E-state index in [1.165, 1.54) is 11.1 Å². The van der Waals surface area contributed by atoms with Crippen molar-refractivity contribution >= 4 is 18.3 Å². The molecule has 1 amide bonds. The van der Waals surface area contributed by atoms with Gasteiger partial charge in [-0.2, -0.15) is 0 Å². The normalized spacial score (nSPS) is 24.4. The lowest BCUT2D eigenvalue weighted by molar-refractivity contribution is -0.130. The third-order valence-corrected chi connectivity index (χ3v) is 4.45. The molecule has 1 N–H and O–H groups in total. The summed E-state index contributed by atoms with van der Waals surface area (Å²) in [6, 6.07) is 8.46. The maximum Gasteiger partial charge on any atom is 0.222 e. The lowest BCUT2D eigenvalue weighted by Crippen LogP contribution is -2.31. The molecule has 2 saturated heterocycles. The number of aryl methyl sites for hydroxylation is 2. The predicted octanol–water partition coefficient (Wildman–Crippen LogP) is 2.03. The average molecular weight is 295 g/mol. The number of nitrogens with one attached hydrogen (secondary N) is 1. The van der Waals surface area contributed by atoms with Crippen molar-refractivity contribution in [3.63, 3.8) is 0 Å². The van der Waals surface area contributed by atoms with E-state index in [0.29, 0.717) is 24.2 Å². The summed E-state index contributed by atoms with van der Waals surface area (Å²) in [5.41, 5.74) is 2.54. The van der Waals surface area contributed by atoms with E-state index in [1.807, 2.05) is 0 Å². The molecule has 3 nitrogen and oxygen atoms in total. The van der Waals surface area contributed by atoms with Crippen LogP contribution in [0, 0.1) is 18.8 Å². The van der Waals surface area contributed by atoms with E-state index in [-0.39, 0.29) is 12.4 Å². The summed E-state index contributed by atoms with van der Waals surface area (Å²) in [6.07, 6.45) is 1.51. The van der Waals surface area contributed by atoms with Crippen LogP contribution in [0.25, 0.3) is 0 Å². The number of amides is 1. The van der Waals surface area contributed by atoms with Crippen LogP contribution in [0.4, 0.5) is 0 Å². The molecule has 2 fully saturated rings. The van der Waals surface area contributed by atoms with Crippen molar-refractivity contribution < 1.29 is 4.79 Å². The SMILES string of the molecule is Cc1cccc(CCC(=O)N2C[C@H]3CNC[C@H]3C2)c1.Cl. The number of halogens is 1. The summed E-state index contributed by atoms with van der Waals surface area (Å²) < 4.78 is 0. The molecule has 2 aliphatic heterocycles. The Morgan fingerprint density at radius 3 is 2.65 bits per heavy atom. The van der Waals surface area contributed by atoms with Crippen LogP contribution < -0.4 is 5.32 Å². The van der Waals surface area contributed by atoms with Crippen molar-refractivity contribution in [2.24, 2.45) is 11.8 Å². The van der Waals surface area contributed by atoms with E-state index >= 15 is 0 Å².